The van der Waals surface area contributed by atoms with Gasteiger partial charge in [0.05, 0.1) is 11.8 Å². The van der Waals surface area contributed by atoms with Gasteiger partial charge < -0.3 is 15.4 Å². The van der Waals surface area contributed by atoms with E-state index >= 15 is 0 Å². The van der Waals surface area contributed by atoms with Gasteiger partial charge in [0, 0.05) is 22.8 Å². The summed E-state index contributed by atoms with van der Waals surface area (Å²) in [6.07, 6.45) is -3.33. The molecular weight excluding hydrogens is 485 g/mol. The molecule has 2 rings (SSSR count). The van der Waals surface area contributed by atoms with Gasteiger partial charge in [-0.2, -0.15) is 18.3 Å². The lowest BCUT2D eigenvalue weighted by Gasteiger charge is -2.11. The summed E-state index contributed by atoms with van der Waals surface area (Å²) >= 11 is 3.26. The maximum atomic E-state index is 12.8. The number of hydrazone groups is 1. The summed E-state index contributed by atoms with van der Waals surface area (Å²) in [4.78, 5) is 34.6. The third kappa shape index (κ3) is 7.41. The minimum absolute atomic E-state index is 0.0297. The molecule has 2 aromatic rings. The minimum atomic E-state index is -4.53. The van der Waals surface area contributed by atoms with Crippen LogP contribution < -0.4 is 20.8 Å². The summed E-state index contributed by atoms with van der Waals surface area (Å²) in [6, 6.07) is 8.92. The molecule has 3 N–H and O–H groups in total. The molecule has 0 radical (unpaired) electrons. The second-order valence-electron chi connectivity index (χ2n) is 5.88. The zero-order valence-electron chi connectivity index (χ0n) is 15.9. The van der Waals surface area contributed by atoms with Crippen molar-refractivity contribution < 1.29 is 32.3 Å². The predicted molar refractivity (Wildman–Crippen MR) is 110 cm³/mol. The Labute approximate surface area is 183 Å². The molecule has 164 valence electrons. The maximum Gasteiger partial charge on any atom is 0.416 e. The number of likely N-dealkylation sites (N-methyl/N-ethyl adjacent to an activating group) is 1. The van der Waals surface area contributed by atoms with Gasteiger partial charge in [-0.15, -0.1) is 0 Å². The second kappa shape index (κ2) is 10.6. The molecule has 0 saturated heterocycles. The van der Waals surface area contributed by atoms with Crippen LogP contribution in [0.1, 0.15) is 11.1 Å². The summed E-state index contributed by atoms with van der Waals surface area (Å²) in [7, 11) is 1.29. The monoisotopic (exact) mass is 500 g/mol. The average Bonchev–Trinajstić information content (AvgIpc) is 2.72. The molecular formula is C19H16BrF3N4O4. The largest absolute Gasteiger partial charge is 0.483 e. The number of benzene rings is 2. The van der Waals surface area contributed by atoms with E-state index in [2.05, 4.69) is 31.7 Å². The van der Waals surface area contributed by atoms with Gasteiger partial charge in [-0.25, -0.2) is 5.43 Å². The van der Waals surface area contributed by atoms with Crippen LogP contribution >= 0.6 is 15.9 Å². The van der Waals surface area contributed by atoms with E-state index in [1.807, 2.05) is 5.43 Å². The van der Waals surface area contributed by atoms with Crippen LogP contribution in [0, 0.1) is 0 Å². The van der Waals surface area contributed by atoms with Crippen LogP contribution in [0.25, 0.3) is 0 Å². The van der Waals surface area contributed by atoms with Gasteiger partial charge in [0.2, 0.25) is 0 Å². The third-order valence-electron chi connectivity index (χ3n) is 3.61. The van der Waals surface area contributed by atoms with Crippen LogP contribution in [0.5, 0.6) is 5.75 Å². The topological polar surface area (TPSA) is 109 Å². The molecule has 12 heteroatoms. The van der Waals surface area contributed by atoms with Crippen LogP contribution in [-0.2, 0) is 20.6 Å². The highest BCUT2D eigenvalue weighted by Gasteiger charge is 2.30. The van der Waals surface area contributed by atoms with E-state index in [0.717, 1.165) is 12.1 Å². The standard InChI is InChI=1S/C19H16BrF3N4O4/c1-24-17(29)18(30)27-25-9-11-7-13(20)5-6-15(11)31-10-16(28)26-14-4-2-3-12(8-14)19(21,22)23/h2-9H,10H2,1H3,(H,24,29)(H,26,28)(H,27,30)/b25-9-. The Morgan fingerprint density at radius 3 is 2.55 bits per heavy atom. The van der Waals surface area contributed by atoms with Gasteiger partial charge in [0.15, 0.2) is 6.61 Å². The fourth-order valence-corrected chi connectivity index (χ4v) is 2.57. The Kier molecular flexibility index (Phi) is 8.14. The van der Waals surface area contributed by atoms with Crippen molar-refractivity contribution in [1.82, 2.24) is 10.7 Å². The lowest BCUT2D eigenvalue weighted by Crippen LogP contribution is -2.35. The maximum absolute atomic E-state index is 12.8. The van der Waals surface area contributed by atoms with E-state index in [1.165, 1.54) is 31.5 Å². The van der Waals surface area contributed by atoms with Crippen molar-refractivity contribution in [2.24, 2.45) is 5.10 Å². The molecule has 8 nitrogen and oxygen atoms in total. The molecule has 0 spiro atoms. The summed E-state index contributed by atoms with van der Waals surface area (Å²) < 4.78 is 44.4. The number of carbonyl (C=O) groups excluding carboxylic acids is 3. The van der Waals surface area contributed by atoms with Crippen LogP contribution in [0.2, 0.25) is 0 Å². The molecule has 3 amide bonds. The third-order valence-corrected chi connectivity index (χ3v) is 4.10. The van der Waals surface area contributed by atoms with Gasteiger partial charge in [-0.1, -0.05) is 22.0 Å². The molecule has 0 unspecified atom stereocenters. The summed E-state index contributed by atoms with van der Waals surface area (Å²) in [5.74, 6) is -2.33. The van der Waals surface area contributed by atoms with Crippen molar-refractivity contribution in [1.29, 1.82) is 0 Å². The van der Waals surface area contributed by atoms with Crippen molar-refractivity contribution in [2.45, 2.75) is 6.18 Å². The molecule has 2 aromatic carbocycles. The van der Waals surface area contributed by atoms with E-state index in [0.29, 0.717) is 10.0 Å². The van der Waals surface area contributed by atoms with Crippen molar-refractivity contribution in [3.05, 3.63) is 58.1 Å². The minimum Gasteiger partial charge on any atom is -0.483 e. The quantitative estimate of drug-likeness (QED) is 0.321. The number of rotatable bonds is 6. The highest BCUT2D eigenvalue weighted by atomic mass is 79.9. The number of nitrogens with one attached hydrogen (secondary N) is 3. The molecule has 0 atom stereocenters. The first-order valence-electron chi connectivity index (χ1n) is 8.54. The lowest BCUT2D eigenvalue weighted by molar-refractivity contribution is -0.138. The number of hydrogen-bond donors (Lipinski definition) is 3. The Hall–Kier alpha value is -3.41. The number of ether oxygens (including phenoxy) is 1. The first-order chi connectivity index (χ1) is 14.6. The highest BCUT2D eigenvalue weighted by Crippen LogP contribution is 2.30. The Balaban J connectivity index is 2.02. The van der Waals surface area contributed by atoms with Gasteiger partial charge in [-0.05, 0) is 36.4 Å². The fourth-order valence-electron chi connectivity index (χ4n) is 2.19. The number of alkyl halides is 3. The zero-order chi connectivity index (χ0) is 23.0. The Morgan fingerprint density at radius 1 is 1.13 bits per heavy atom. The molecule has 0 fully saturated rings. The summed E-state index contributed by atoms with van der Waals surface area (Å²) in [5.41, 5.74) is 1.46. The number of halogens is 4. The fraction of sp³-hybridized carbons (Fsp3) is 0.158. The zero-order valence-corrected chi connectivity index (χ0v) is 17.5. The van der Waals surface area contributed by atoms with Crippen LogP contribution in [0.3, 0.4) is 0 Å². The summed E-state index contributed by atoms with van der Waals surface area (Å²) in [6.45, 7) is -0.497. The predicted octanol–water partition coefficient (Wildman–Crippen LogP) is 2.68. The second-order valence-corrected chi connectivity index (χ2v) is 6.79. The molecule has 31 heavy (non-hydrogen) atoms. The number of nitrogens with zero attached hydrogens (tertiary/aromatic N) is 1. The van der Waals surface area contributed by atoms with Gasteiger partial charge in [0.25, 0.3) is 5.91 Å². The van der Waals surface area contributed by atoms with E-state index < -0.39 is 36.1 Å². The van der Waals surface area contributed by atoms with Crippen LogP contribution in [-0.4, -0.2) is 37.6 Å². The van der Waals surface area contributed by atoms with Crippen molar-refractivity contribution in [2.75, 3.05) is 19.0 Å². The number of amides is 3. The summed E-state index contributed by atoms with van der Waals surface area (Å²) in [5, 5.41) is 8.11. The lowest BCUT2D eigenvalue weighted by atomic mass is 10.2. The van der Waals surface area contributed by atoms with Gasteiger partial charge in [0.1, 0.15) is 5.75 Å². The molecule has 0 aromatic heterocycles. The molecule has 0 saturated carbocycles. The number of hydrogen-bond acceptors (Lipinski definition) is 5. The normalized spacial score (nSPS) is 11.1. The smallest absolute Gasteiger partial charge is 0.416 e. The van der Waals surface area contributed by atoms with E-state index in [1.54, 1.807) is 12.1 Å². The van der Waals surface area contributed by atoms with E-state index in [4.69, 9.17) is 4.74 Å². The Morgan fingerprint density at radius 2 is 1.87 bits per heavy atom. The van der Waals surface area contributed by atoms with Crippen molar-refractivity contribution >= 4 is 45.6 Å². The van der Waals surface area contributed by atoms with Crippen LogP contribution in [0.15, 0.2) is 52.0 Å². The van der Waals surface area contributed by atoms with Crippen LogP contribution in [0.4, 0.5) is 18.9 Å². The SMILES string of the molecule is CNC(=O)C(=O)N/N=C\c1cc(Br)ccc1OCC(=O)Nc1cccc(C(F)(F)F)c1. The van der Waals surface area contributed by atoms with E-state index in [-0.39, 0.29) is 11.4 Å². The average molecular weight is 501 g/mol. The Bertz CT molecular complexity index is 1010. The first-order valence-corrected chi connectivity index (χ1v) is 9.34. The molecule has 0 bridgehead atoms. The number of carbonyl (C=O) groups is 3. The first kappa shape index (κ1) is 23.9. The molecule has 0 aliphatic carbocycles. The molecule has 0 heterocycles. The van der Waals surface area contributed by atoms with Gasteiger partial charge >= 0.3 is 18.0 Å². The van der Waals surface area contributed by atoms with Crippen molar-refractivity contribution in [3.8, 4) is 5.75 Å². The van der Waals surface area contributed by atoms with E-state index in [9.17, 15) is 27.6 Å². The highest BCUT2D eigenvalue weighted by molar-refractivity contribution is 9.10. The van der Waals surface area contributed by atoms with Gasteiger partial charge in [-0.3, -0.25) is 14.4 Å². The number of anilines is 1. The molecule has 0 aliphatic rings. The van der Waals surface area contributed by atoms with Crippen molar-refractivity contribution in [3.63, 3.8) is 0 Å². The molecule has 0 aliphatic heterocycles.